The van der Waals surface area contributed by atoms with Crippen molar-refractivity contribution in [3.05, 3.63) is 63.4 Å². The molecular weight excluding hydrogens is 337 g/mol. The van der Waals surface area contributed by atoms with Crippen LogP contribution in [0.25, 0.3) is 0 Å². The maximum Gasteiger partial charge on any atom is 0.135 e. The van der Waals surface area contributed by atoms with E-state index in [4.69, 9.17) is 4.74 Å². The van der Waals surface area contributed by atoms with E-state index in [0.29, 0.717) is 0 Å². The smallest absolute Gasteiger partial charge is 0.135 e. The molecule has 2 aromatic rings. The van der Waals surface area contributed by atoms with Crippen LogP contribution in [0.4, 0.5) is 13.2 Å². The van der Waals surface area contributed by atoms with Crippen LogP contribution in [0.1, 0.15) is 17.2 Å². The van der Waals surface area contributed by atoms with E-state index >= 15 is 0 Å². The van der Waals surface area contributed by atoms with E-state index in [9.17, 15) is 18.3 Å². The number of rotatable bonds is 3. The molecule has 2 rings (SSSR count). The first-order valence-electron chi connectivity index (χ1n) is 5.60. The second-order valence-electron chi connectivity index (χ2n) is 4.07. The number of aliphatic hydroxyl groups is 1. The minimum absolute atomic E-state index is 0.00845. The molecule has 0 aliphatic heterocycles. The molecule has 0 amide bonds. The number of ether oxygens (including phenoxy) is 1. The van der Waals surface area contributed by atoms with Crippen molar-refractivity contribution in [1.29, 1.82) is 0 Å². The molecule has 0 aliphatic carbocycles. The lowest BCUT2D eigenvalue weighted by Crippen LogP contribution is -2.07. The van der Waals surface area contributed by atoms with Gasteiger partial charge in [0.15, 0.2) is 0 Å². The third-order valence-corrected chi connectivity index (χ3v) is 3.51. The Kier molecular flexibility index (Phi) is 4.35. The third-order valence-electron chi connectivity index (χ3n) is 2.82. The van der Waals surface area contributed by atoms with Crippen LogP contribution in [0.5, 0.6) is 5.75 Å². The molecule has 2 aromatic carbocycles. The van der Waals surface area contributed by atoms with Gasteiger partial charge in [0, 0.05) is 16.6 Å². The van der Waals surface area contributed by atoms with Crippen LogP contribution in [0.3, 0.4) is 0 Å². The Balaban J connectivity index is 2.50. The molecule has 0 saturated heterocycles. The van der Waals surface area contributed by atoms with Gasteiger partial charge >= 0.3 is 0 Å². The molecule has 0 aromatic heterocycles. The first-order chi connectivity index (χ1) is 9.43. The molecule has 2 nitrogen and oxygen atoms in total. The largest absolute Gasteiger partial charge is 0.497 e. The fourth-order valence-electron chi connectivity index (χ4n) is 1.82. The summed E-state index contributed by atoms with van der Waals surface area (Å²) in [5.74, 6) is -2.39. The molecule has 1 N–H and O–H groups in total. The lowest BCUT2D eigenvalue weighted by atomic mass is 10.00. The highest BCUT2D eigenvalue weighted by Gasteiger charge is 2.23. The van der Waals surface area contributed by atoms with Gasteiger partial charge in [-0.2, -0.15) is 0 Å². The van der Waals surface area contributed by atoms with Crippen LogP contribution < -0.4 is 4.74 Å². The zero-order valence-corrected chi connectivity index (χ0v) is 11.9. The average molecular weight is 347 g/mol. The lowest BCUT2D eigenvalue weighted by molar-refractivity contribution is 0.207. The zero-order chi connectivity index (χ0) is 14.9. The number of hydrogen-bond donors (Lipinski definition) is 1. The Bertz CT molecular complexity index is 623. The summed E-state index contributed by atoms with van der Waals surface area (Å²) in [5.41, 5.74) is -0.354. The summed E-state index contributed by atoms with van der Waals surface area (Å²) < 4.78 is 45.7. The van der Waals surface area contributed by atoms with Gasteiger partial charge < -0.3 is 9.84 Å². The Morgan fingerprint density at radius 2 is 1.70 bits per heavy atom. The van der Waals surface area contributed by atoms with Gasteiger partial charge in [0.2, 0.25) is 0 Å². The van der Waals surface area contributed by atoms with Gasteiger partial charge in [-0.1, -0.05) is 22.0 Å². The molecule has 0 fully saturated rings. The average Bonchev–Trinajstić information content (AvgIpc) is 2.37. The molecule has 6 heteroatoms. The topological polar surface area (TPSA) is 29.5 Å². The monoisotopic (exact) mass is 346 g/mol. The zero-order valence-electron chi connectivity index (χ0n) is 10.3. The Hall–Kier alpha value is -1.53. The number of halogens is 4. The fourth-order valence-corrected chi connectivity index (χ4v) is 2.39. The number of benzene rings is 2. The summed E-state index contributed by atoms with van der Waals surface area (Å²) in [5, 5.41) is 10.1. The molecule has 1 unspecified atom stereocenters. The van der Waals surface area contributed by atoms with Crippen LogP contribution in [-0.4, -0.2) is 12.2 Å². The van der Waals surface area contributed by atoms with Crippen molar-refractivity contribution in [3.63, 3.8) is 0 Å². The molecule has 1 atom stereocenters. The third kappa shape index (κ3) is 2.81. The highest BCUT2D eigenvalue weighted by molar-refractivity contribution is 9.10. The van der Waals surface area contributed by atoms with E-state index in [-0.39, 0.29) is 15.8 Å². The molecule has 20 heavy (non-hydrogen) atoms. The predicted octanol–water partition coefficient (Wildman–Crippen LogP) is 3.96. The molecule has 0 saturated carbocycles. The molecule has 0 heterocycles. The van der Waals surface area contributed by atoms with Gasteiger partial charge in [-0.25, -0.2) is 13.2 Å². The van der Waals surface area contributed by atoms with E-state index in [1.807, 2.05) is 0 Å². The second-order valence-corrected chi connectivity index (χ2v) is 4.93. The van der Waals surface area contributed by atoms with Crippen molar-refractivity contribution in [2.24, 2.45) is 0 Å². The van der Waals surface area contributed by atoms with Crippen LogP contribution in [0, 0.1) is 17.5 Å². The van der Waals surface area contributed by atoms with E-state index in [1.54, 1.807) is 0 Å². The minimum atomic E-state index is -1.56. The molecule has 0 spiro atoms. The number of aliphatic hydroxyl groups excluding tert-OH is 1. The summed E-state index contributed by atoms with van der Waals surface area (Å²) in [6.07, 6.45) is -1.56. The van der Waals surface area contributed by atoms with Crippen LogP contribution in [0.15, 0.2) is 34.8 Å². The lowest BCUT2D eigenvalue weighted by Gasteiger charge is -2.15. The maximum atomic E-state index is 13.9. The van der Waals surface area contributed by atoms with Gasteiger partial charge in [0.05, 0.1) is 12.7 Å². The van der Waals surface area contributed by atoms with Crippen molar-refractivity contribution in [3.8, 4) is 5.75 Å². The van der Waals surface area contributed by atoms with Gasteiger partial charge in [-0.05, 0) is 17.7 Å². The first kappa shape index (κ1) is 14.9. The van der Waals surface area contributed by atoms with Crippen molar-refractivity contribution < 1.29 is 23.0 Å². The number of methoxy groups -OCH3 is 1. The number of hydrogen-bond acceptors (Lipinski definition) is 2. The first-order valence-corrected chi connectivity index (χ1v) is 6.39. The predicted molar refractivity (Wildman–Crippen MR) is 71.1 cm³/mol. The van der Waals surface area contributed by atoms with Crippen molar-refractivity contribution in [1.82, 2.24) is 0 Å². The summed E-state index contributed by atoms with van der Waals surface area (Å²) in [4.78, 5) is 0. The normalized spacial score (nSPS) is 12.3. The molecule has 0 aliphatic rings. The SMILES string of the molecule is COc1cc(F)c(C(O)c2ccc(F)cc2Br)c(F)c1. The van der Waals surface area contributed by atoms with Gasteiger partial charge in [0.1, 0.15) is 29.3 Å². The van der Waals surface area contributed by atoms with Crippen molar-refractivity contribution in [2.45, 2.75) is 6.10 Å². The highest BCUT2D eigenvalue weighted by Crippen LogP contribution is 2.33. The molecular formula is C14H10BrF3O2. The summed E-state index contributed by atoms with van der Waals surface area (Å²) >= 11 is 3.05. The Morgan fingerprint density at radius 3 is 2.20 bits per heavy atom. The van der Waals surface area contributed by atoms with Gasteiger partial charge in [0.25, 0.3) is 0 Å². The van der Waals surface area contributed by atoms with Crippen LogP contribution in [0.2, 0.25) is 0 Å². The van der Waals surface area contributed by atoms with Crippen LogP contribution >= 0.6 is 15.9 Å². The van der Waals surface area contributed by atoms with Crippen molar-refractivity contribution >= 4 is 15.9 Å². The molecule has 0 bridgehead atoms. The van der Waals surface area contributed by atoms with Crippen molar-refractivity contribution in [2.75, 3.05) is 7.11 Å². The van der Waals surface area contributed by atoms with E-state index in [0.717, 1.165) is 24.3 Å². The second kappa shape index (κ2) is 5.85. The Morgan fingerprint density at radius 1 is 1.10 bits per heavy atom. The quantitative estimate of drug-likeness (QED) is 0.911. The van der Waals surface area contributed by atoms with E-state index < -0.39 is 29.1 Å². The highest BCUT2D eigenvalue weighted by atomic mass is 79.9. The standard InChI is InChI=1S/C14H10BrF3O2/c1-20-8-5-11(17)13(12(18)6-8)14(19)9-3-2-7(16)4-10(9)15/h2-6,14,19H,1H3. The van der Waals surface area contributed by atoms with Gasteiger partial charge in [-0.15, -0.1) is 0 Å². The molecule has 106 valence electrons. The Labute approximate surface area is 121 Å². The minimum Gasteiger partial charge on any atom is -0.497 e. The summed E-state index contributed by atoms with van der Waals surface area (Å²) in [7, 11) is 1.28. The summed E-state index contributed by atoms with van der Waals surface area (Å²) in [6.45, 7) is 0. The molecule has 0 radical (unpaired) electrons. The van der Waals surface area contributed by atoms with Crippen LogP contribution in [-0.2, 0) is 0 Å². The van der Waals surface area contributed by atoms with E-state index in [2.05, 4.69) is 15.9 Å². The maximum absolute atomic E-state index is 13.9. The fraction of sp³-hybridized carbons (Fsp3) is 0.143. The summed E-state index contributed by atoms with van der Waals surface area (Å²) in [6, 6.07) is 5.41. The van der Waals surface area contributed by atoms with Gasteiger partial charge in [-0.3, -0.25) is 0 Å². The van der Waals surface area contributed by atoms with E-state index in [1.165, 1.54) is 13.2 Å².